The first kappa shape index (κ1) is 43.4. The van der Waals surface area contributed by atoms with Crippen LogP contribution in [0.5, 0.6) is 0 Å². The van der Waals surface area contributed by atoms with Crippen molar-refractivity contribution in [3.05, 3.63) is 29.8 Å². The largest absolute Gasteiger partial charge is 0.443 e. The predicted molar refractivity (Wildman–Crippen MR) is 196 cm³/mol. The van der Waals surface area contributed by atoms with Gasteiger partial charge in [-0.15, -0.1) is 0 Å². The van der Waals surface area contributed by atoms with Gasteiger partial charge < -0.3 is 24.6 Å². The van der Waals surface area contributed by atoms with Gasteiger partial charge in [0.15, 0.2) is 0 Å². The van der Waals surface area contributed by atoms with Crippen molar-refractivity contribution in [3.63, 3.8) is 0 Å². The number of aliphatic hydroxyl groups excluding tert-OH is 1. The molecular weight excluding hydrogens is 642 g/mol. The van der Waals surface area contributed by atoms with Crippen molar-refractivity contribution in [1.82, 2.24) is 5.32 Å². The number of alkyl carbamates (subject to hydrolysis) is 1. The van der Waals surface area contributed by atoms with Crippen LogP contribution in [0.25, 0.3) is 0 Å². The van der Waals surface area contributed by atoms with Gasteiger partial charge in [-0.1, -0.05) is 134 Å². The molecule has 1 aliphatic heterocycles. The van der Waals surface area contributed by atoms with Crippen LogP contribution in [0.2, 0.25) is 0 Å². The van der Waals surface area contributed by atoms with Crippen LogP contribution in [0, 0.1) is 6.92 Å². The van der Waals surface area contributed by atoms with Crippen molar-refractivity contribution >= 4 is 16.2 Å². The highest BCUT2D eigenvalue weighted by Gasteiger charge is 2.29. The Balaban J connectivity index is 1.42. The van der Waals surface area contributed by atoms with E-state index in [-0.39, 0.29) is 36.9 Å². The molecule has 284 valence electrons. The second kappa shape index (κ2) is 27.9. The first-order chi connectivity index (χ1) is 23.8. The topological polar surface area (TPSA) is 120 Å². The summed E-state index contributed by atoms with van der Waals surface area (Å²) in [7, 11) is -3.73. The predicted octanol–water partition coefficient (Wildman–Crippen LogP) is 9.17. The van der Waals surface area contributed by atoms with Crippen LogP contribution < -0.4 is 5.32 Å². The van der Waals surface area contributed by atoms with Gasteiger partial charge in [-0.3, -0.25) is 4.18 Å². The first-order valence-corrected chi connectivity index (χ1v) is 21.0. The first-order valence-electron chi connectivity index (χ1n) is 19.6. The van der Waals surface area contributed by atoms with Crippen LogP contribution >= 0.6 is 0 Å². The molecule has 0 aliphatic carbocycles. The summed E-state index contributed by atoms with van der Waals surface area (Å²) in [5.41, 5.74) is 0.993. The van der Waals surface area contributed by atoms with E-state index in [2.05, 4.69) is 12.2 Å². The lowest BCUT2D eigenvalue weighted by atomic mass is 10.0. The van der Waals surface area contributed by atoms with Crippen molar-refractivity contribution in [2.75, 3.05) is 33.0 Å². The summed E-state index contributed by atoms with van der Waals surface area (Å²) in [6, 6.07) is 6.62. The van der Waals surface area contributed by atoms with Crippen molar-refractivity contribution in [2.45, 2.75) is 178 Å². The number of unbranched alkanes of at least 4 members (excludes halogenated alkanes) is 17. The molecular formula is C39H69NO8S. The van der Waals surface area contributed by atoms with Crippen LogP contribution in [0.3, 0.4) is 0 Å². The van der Waals surface area contributed by atoms with Gasteiger partial charge in [0.05, 0.1) is 30.8 Å². The highest BCUT2D eigenvalue weighted by molar-refractivity contribution is 7.86. The van der Waals surface area contributed by atoms with Crippen molar-refractivity contribution in [3.8, 4) is 0 Å². The number of rotatable bonds is 30. The molecule has 1 aliphatic rings. The fourth-order valence-corrected chi connectivity index (χ4v) is 7.09. The zero-order valence-electron chi connectivity index (χ0n) is 30.8. The van der Waals surface area contributed by atoms with Gasteiger partial charge in [-0.25, -0.2) is 4.79 Å². The van der Waals surface area contributed by atoms with E-state index in [4.69, 9.17) is 18.4 Å². The number of amides is 1. The number of nitrogens with one attached hydrogen (secondary N) is 1. The van der Waals surface area contributed by atoms with Gasteiger partial charge in [0, 0.05) is 13.2 Å². The van der Waals surface area contributed by atoms with Gasteiger partial charge in [-0.05, 0) is 51.2 Å². The number of hydrogen-bond acceptors (Lipinski definition) is 8. The molecule has 1 heterocycles. The maximum atomic E-state index is 12.4. The average Bonchev–Trinajstić information content (AvgIpc) is 3.08. The molecule has 3 atom stereocenters. The Hall–Kier alpha value is -1.72. The number of carbonyl (C=O) groups excluding carboxylic acids is 1. The Labute approximate surface area is 298 Å². The Morgan fingerprint density at radius 3 is 2.06 bits per heavy atom. The lowest BCUT2D eigenvalue weighted by molar-refractivity contribution is -0.116. The Kier molecular flexibility index (Phi) is 24.8. The third-order valence-electron chi connectivity index (χ3n) is 9.26. The van der Waals surface area contributed by atoms with Crippen LogP contribution in [-0.2, 0) is 28.5 Å². The van der Waals surface area contributed by atoms with Gasteiger partial charge in [0.1, 0.15) is 12.2 Å². The van der Waals surface area contributed by atoms with Gasteiger partial charge >= 0.3 is 6.09 Å². The minimum atomic E-state index is -3.73. The van der Waals surface area contributed by atoms with E-state index < -0.39 is 22.3 Å². The van der Waals surface area contributed by atoms with E-state index in [1.54, 1.807) is 24.3 Å². The van der Waals surface area contributed by atoms with E-state index in [1.807, 2.05) is 6.92 Å². The molecule has 1 aromatic carbocycles. The number of aryl methyl sites for hydroxylation is 1. The monoisotopic (exact) mass is 711 g/mol. The van der Waals surface area contributed by atoms with E-state index in [9.17, 15) is 18.3 Å². The fraction of sp³-hybridized carbons (Fsp3) is 0.821. The summed E-state index contributed by atoms with van der Waals surface area (Å²) < 4.78 is 46.9. The molecule has 0 saturated carbocycles. The molecule has 1 aromatic rings. The molecule has 1 amide bonds. The fourth-order valence-electron chi connectivity index (χ4n) is 6.15. The summed E-state index contributed by atoms with van der Waals surface area (Å²) >= 11 is 0. The minimum Gasteiger partial charge on any atom is -0.443 e. The van der Waals surface area contributed by atoms with Gasteiger partial charge in [0.2, 0.25) is 0 Å². The molecule has 0 bridgehead atoms. The van der Waals surface area contributed by atoms with E-state index in [0.717, 1.165) is 50.5 Å². The van der Waals surface area contributed by atoms with Crippen LogP contribution in [0.1, 0.15) is 154 Å². The average molecular weight is 712 g/mol. The maximum Gasteiger partial charge on any atom is 0.407 e. The molecule has 0 radical (unpaired) electrons. The Morgan fingerprint density at radius 1 is 0.857 bits per heavy atom. The molecule has 9 nitrogen and oxygen atoms in total. The smallest absolute Gasteiger partial charge is 0.407 e. The van der Waals surface area contributed by atoms with Gasteiger partial charge in [0.25, 0.3) is 10.1 Å². The van der Waals surface area contributed by atoms with Crippen LogP contribution in [-0.4, -0.2) is 70.9 Å². The van der Waals surface area contributed by atoms with Crippen LogP contribution in [0.15, 0.2) is 29.2 Å². The van der Waals surface area contributed by atoms with E-state index in [1.165, 1.54) is 83.5 Å². The molecule has 1 unspecified atom stereocenters. The standard InChI is InChI=1S/C39H69NO8S/c1-3-4-5-6-7-8-9-10-11-12-13-14-15-17-20-29-40-39(42)48-37-24-22-30-46-38(37)33-45-32-35(41)23-19-16-18-21-31-47-49(43,44)36-27-25-34(2)26-28-36/h25-28,35,37-38,41H,3-24,29-33H2,1-2H3,(H,40,42)/t35?,37-,38+/m1/s1. The lowest BCUT2D eigenvalue weighted by Gasteiger charge is -2.31. The molecule has 1 saturated heterocycles. The third kappa shape index (κ3) is 22.0. The summed E-state index contributed by atoms with van der Waals surface area (Å²) in [6.07, 6.45) is 23.3. The zero-order chi connectivity index (χ0) is 35.4. The van der Waals surface area contributed by atoms with E-state index >= 15 is 0 Å². The summed E-state index contributed by atoms with van der Waals surface area (Å²) in [5, 5.41) is 13.2. The summed E-state index contributed by atoms with van der Waals surface area (Å²) in [4.78, 5) is 12.6. The lowest BCUT2D eigenvalue weighted by Crippen LogP contribution is -2.43. The molecule has 10 heteroatoms. The van der Waals surface area contributed by atoms with Gasteiger partial charge in [-0.2, -0.15) is 8.42 Å². The highest BCUT2D eigenvalue weighted by Crippen LogP contribution is 2.19. The van der Waals surface area contributed by atoms with Crippen molar-refractivity contribution in [1.29, 1.82) is 0 Å². The maximum absolute atomic E-state index is 12.4. The highest BCUT2D eigenvalue weighted by atomic mass is 32.2. The number of aliphatic hydroxyl groups is 1. The normalized spacial score (nSPS) is 17.2. The van der Waals surface area contributed by atoms with Crippen molar-refractivity contribution in [2.24, 2.45) is 0 Å². The minimum absolute atomic E-state index is 0.143. The molecule has 0 aromatic heterocycles. The quantitative estimate of drug-likeness (QED) is 0.0599. The molecule has 2 rings (SSSR count). The Morgan fingerprint density at radius 2 is 1.43 bits per heavy atom. The second-order valence-corrected chi connectivity index (χ2v) is 15.5. The summed E-state index contributed by atoms with van der Waals surface area (Å²) in [5.74, 6) is 0. The third-order valence-corrected chi connectivity index (χ3v) is 10.6. The second-order valence-electron chi connectivity index (χ2n) is 13.9. The number of hydrogen-bond donors (Lipinski definition) is 2. The Bertz CT molecular complexity index is 1050. The molecule has 0 spiro atoms. The van der Waals surface area contributed by atoms with Crippen LogP contribution in [0.4, 0.5) is 4.79 Å². The number of ether oxygens (including phenoxy) is 3. The van der Waals surface area contributed by atoms with E-state index in [0.29, 0.717) is 26.0 Å². The molecule has 49 heavy (non-hydrogen) atoms. The molecule has 2 N–H and O–H groups in total. The SMILES string of the molecule is CCCCCCCCCCCCCCCCCNC(=O)O[C@@H]1CCCO[C@H]1COCC(O)CCCCCCOS(=O)(=O)c1ccc(C)cc1. The van der Waals surface area contributed by atoms with Crippen molar-refractivity contribution < 1.29 is 36.7 Å². The molecule has 1 fully saturated rings. The number of benzene rings is 1. The number of carbonyl (C=O) groups is 1. The summed E-state index contributed by atoms with van der Waals surface area (Å²) in [6.45, 7) is 6.00. The zero-order valence-corrected chi connectivity index (χ0v) is 31.7.